The van der Waals surface area contributed by atoms with E-state index in [-0.39, 0.29) is 5.92 Å². The Balaban J connectivity index is 1.94. The Hall–Kier alpha value is -3.92. The van der Waals surface area contributed by atoms with Crippen molar-refractivity contribution in [2.75, 3.05) is 25.7 Å². The summed E-state index contributed by atoms with van der Waals surface area (Å²) in [4.78, 5) is 0. The third-order valence-corrected chi connectivity index (χ3v) is 6.21. The summed E-state index contributed by atoms with van der Waals surface area (Å²) < 4.78 is 11.6. The van der Waals surface area contributed by atoms with Crippen molar-refractivity contribution in [2.45, 2.75) is 19.8 Å². The fourth-order valence-electron chi connectivity index (χ4n) is 4.28. The summed E-state index contributed by atoms with van der Waals surface area (Å²) in [6, 6.07) is 27.0. The molecule has 0 aromatic heterocycles. The van der Waals surface area contributed by atoms with Crippen LogP contribution in [-0.4, -0.2) is 14.2 Å². The van der Waals surface area contributed by atoms with E-state index in [1.807, 2.05) is 32.0 Å². The Kier molecular flexibility index (Phi) is 6.27. The van der Waals surface area contributed by atoms with Crippen molar-refractivity contribution in [1.29, 1.82) is 0 Å². The molecule has 0 aliphatic heterocycles. The minimum Gasteiger partial charge on any atom is -0.496 e. The van der Waals surface area contributed by atoms with Crippen molar-refractivity contribution in [3.63, 3.8) is 0 Å². The molecule has 0 aliphatic carbocycles. The predicted octanol–water partition coefficient (Wildman–Crippen LogP) is 6.33. The number of hydrogen-bond donors (Lipinski definition) is 2. The maximum atomic E-state index is 6.21. The maximum Gasteiger partial charge on any atom is 0.125 e. The van der Waals surface area contributed by atoms with Gasteiger partial charge in [-0.1, -0.05) is 54.6 Å². The molecule has 4 aromatic carbocycles. The zero-order valence-corrected chi connectivity index (χ0v) is 19.6. The van der Waals surface area contributed by atoms with Gasteiger partial charge in [0.2, 0.25) is 0 Å². The topological polar surface area (TPSA) is 70.5 Å². The number of nitrogen functional groups attached to an aromatic ring is 2. The van der Waals surface area contributed by atoms with E-state index in [1.54, 1.807) is 14.2 Å². The van der Waals surface area contributed by atoms with Gasteiger partial charge in [0.1, 0.15) is 11.5 Å². The molecule has 4 aromatic rings. The van der Waals surface area contributed by atoms with Gasteiger partial charge in [-0.25, -0.2) is 0 Å². The molecule has 4 rings (SSSR count). The van der Waals surface area contributed by atoms with Gasteiger partial charge in [0.25, 0.3) is 0 Å². The van der Waals surface area contributed by atoms with Crippen LogP contribution in [0.4, 0.5) is 11.4 Å². The van der Waals surface area contributed by atoms with Gasteiger partial charge < -0.3 is 20.9 Å². The first kappa shape index (κ1) is 22.3. The van der Waals surface area contributed by atoms with Crippen molar-refractivity contribution in [3.05, 3.63) is 107 Å². The molecule has 0 saturated heterocycles. The van der Waals surface area contributed by atoms with Gasteiger partial charge in [-0.05, 0) is 53.8 Å². The van der Waals surface area contributed by atoms with Crippen LogP contribution in [0.2, 0.25) is 0 Å². The van der Waals surface area contributed by atoms with Crippen molar-refractivity contribution in [3.8, 4) is 22.6 Å². The molecule has 0 spiro atoms. The lowest BCUT2D eigenvalue weighted by atomic mass is 9.82. The quantitative estimate of drug-likeness (QED) is 0.272. The van der Waals surface area contributed by atoms with Crippen LogP contribution >= 0.6 is 0 Å². The first-order valence-corrected chi connectivity index (χ1v) is 11.0. The Morgan fingerprint density at radius 1 is 0.606 bits per heavy atom. The zero-order chi connectivity index (χ0) is 23.5. The lowest BCUT2D eigenvalue weighted by molar-refractivity contribution is 0.402. The average molecular weight is 439 g/mol. The summed E-state index contributed by atoms with van der Waals surface area (Å²) in [5.41, 5.74) is 21.3. The Morgan fingerprint density at radius 2 is 1.06 bits per heavy atom. The molecule has 4 nitrogen and oxygen atoms in total. The number of benzene rings is 4. The van der Waals surface area contributed by atoms with Crippen LogP contribution in [0.15, 0.2) is 78.9 Å². The molecular formula is C29H30N2O2. The van der Waals surface area contributed by atoms with E-state index in [9.17, 15) is 0 Å². The number of anilines is 2. The van der Waals surface area contributed by atoms with Gasteiger partial charge in [0.05, 0.1) is 14.2 Å². The average Bonchev–Trinajstić information content (AvgIpc) is 2.84. The molecular weight excluding hydrogens is 408 g/mol. The monoisotopic (exact) mass is 438 g/mol. The summed E-state index contributed by atoms with van der Waals surface area (Å²) in [7, 11) is 3.35. The number of ether oxygens (including phenoxy) is 2. The molecule has 0 aliphatic rings. The summed E-state index contributed by atoms with van der Waals surface area (Å²) in [6.45, 7) is 4.03. The second-order valence-corrected chi connectivity index (χ2v) is 8.32. The summed E-state index contributed by atoms with van der Waals surface area (Å²) in [5, 5.41) is 0. The van der Waals surface area contributed by atoms with E-state index in [2.05, 4.69) is 60.7 Å². The van der Waals surface area contributed by atoms with Crippen LogP contribution in [-0.2, 0) is 0 Å². The predicted molar refractivity (Wildman–Crippen MR) is 137 cm³/mol. The number of methoxy groups -OCH3 is 2. The lowest BCUT2D eigenvalue weighted by Crippen LogP contribution is -2.09. The highest BCUT2D eigenvalue weighted by Gasteiger charge is 2.25. The smallest absolute Gasteiger partial charge is 0.125 e. The highest BCUT2D eigenvalue weighted by molar-refractivity contribution is 5.66. The van der Waals surface area contributed by atoms with E-state index in [1.165, 1.54) is 11.1 Å². The van der Waals surface area contributed by atoms with Gasteiger partial charge in [0, 0.05) is 40.6 Å². The highest BCUT2D eigenvalue weighted by Crippen LogP contribution is 2.44. The standard InChI is InChI=1S/C29H30N2O2/c1-18-14-23(27(32-3)16-25(18)30)29(24-15-19(2)26(31)17-28(24)33-4)22-12-10-21(11-13-22)20-8-6-5-7-9-20/h5-17,29H,30-31H2,1-4H3. The van der Waals surface area contributed by atoms with E-state index in [0.717, 1.165) is 39.3 Å². The molecule has 0 amide bonds. The molecule has 0 atom stereocenters. The molecule has 0 bridgehead atoms. The van der Waals surface area contributed by atoms with E-state index in [4.69, 9.17) is 20.9 Å². The van der Waals surface area contributed by atoms with Crippen molar-refractivity contribution in [1.82, 2.24) is 0 Å². The Bertz CT molecular complexity index is 1210. The molecule has 4 N–H and O–H groups in total. The SMILES string of the molecule is COc1cc(N)c(C)cc1C(c1ccc(-c2ccccc2)cc1)c1cc(C)c(N)cc1OC. The molecule has 0 unspecified atom stereocenters. The number of rotatable bonds is 6. The third-order valence-electron chi connectivity index (χ3n) is 6.21. The highest BCUT2D eigenvalue weighted by atomic mass is 16.5. The number of nitrogens with two attached hydrogens (primary N) is 2. The van der Waals surface area contributed by atoms with E-state index in [0.29, 0.717) is 11.4 Å². The van der Waals surface area contributed by atoms with Crippen molar-refractivity contribution < 1.29 is 9.47 Å². The summed E-state index contributed by atoms with van der Waals surface area (Å²) in [6.07, 6.45) is 0. The molecule has 0 fully saturated rings. The first-order valence-electron chi connectivity index (χ1n) is 11.0. The number of hydrogen-bond acceptors (Lipinski definition) is 4. The molecule has 0 radical (unpaired) electrons. The van der Waals surface area contributed by atoms with Crippen molar-refractivity contribution in [2.24, 2.45) is 0 Å². The van der Waals surface area contributed by atoms with Crippen molar-refractivity contribution >= 4 is 11.4 Å². The fourth-order valence-corrected chi connectivity index (χ4v) is 4.28. The largest absolute Gasteiger partial charge is 0.496 e. The zero-order valence-electron chi connectivity index (χ0n) is 19.6. The van der Waals surface area contributed by atoms with Crippen LogP contribution in [0, 0.1) is 13.8 Å². The van der Waals surface area contributed by atoms with Crippen LogP contribution < -0.4 is 20.9 Å². The fraction of sp³-hybridized carbons (Fsp3) is 0.172. The Labute approximate surface area is 195 Å². The third kappa shape index (κ3) is 4.37. The van der Waals surface area contributed by atoms with Crippen LogP contribution in [0.5, 0.6) is 11.5 Å². The maximum absolute atomic E-state index is 6.21. The lowest BCUT2D eigenvalue weighted by Gasteiger charge is -2.25. The molecule has 168 valence electrons. The van der Waals surface area contributed by atoms with Gasteiger partial charge in [-0.2, -0.15) is 0 Å². The molecule has 0 saturated carbocycles. The molecule has 0 heterocycles. The van der Waals surface area contributed by atoms with Gasteiger partial charge >= 0.3 is 0 Å². The molecule has 4 heteroatoms. The first-order chi connectivity index (χ1) is 15.9. The van der Waals surface area contributed by atoms with Crippen LogP contribution in [0.3, 0.4) is 0 Å². The summed E-state index contributed by atoms with van der Waals surface area (Å²) >= 11 is 0. The summed E-state index contributed by atoms with van der Waals surface area (Å²) in [5.74, 6) is 1.36. The Morgan fingerprint density at radius 3 is 1.52 bits per heavy atom. The second kappa shape index (κ2) is 9.29. The normalized spacial score (nSPS) is 10.9. The van der Waals surface area contributed by atoms with Crippen LogP contribution in [0.25, 0.3) is 11.1 Å². The van der Waals surface area contributed by atoms with Gasteiger partial charge in [0.15, 0.2) is 0 Å². The minimum absolute atomic E-state index is 0.127. The second-order valence-electron chi connectivity index (χ2n) is 8.32. The minimum atomic E-state index is -0.127. The molecule has 33 heavy (non-hydrogen) atoms. The van der Waals surface area contributed by atoms with E-state index < -0.39 is 0 Å². The van der Waals surface area contributed by atoms with Gasteiger partial charge in [-0.3, -0.25) is 0 Å². The van der Waals surface area contributed by atoms with E-state index >= 15 is 0 Å². The van der Waals surface area contributed by atoms with Crippen LogP contribution in [0.1, 0.15) is 33.7 Å². The van der Waals surface area contributed by atoms with Gasteiger partial charge in [-0.15, -0.1) is 0 Å². The number of aryl methyl sites for hydroxylation is 2.